The molecule has 0 bridgehead atoms. The summed E-state index contributed by atoms with van der Waals surface area (Å²) in [5.41, 5.74) is 2.33. The summed E-state index contributed by atoms with van der Waals surface area (Å²) in [6.07, 6.45) is 2.00. The Morgan fingerprint density at radius 1 is 1.19 bits per heavy atom. The molecule has 21 heavy (non-hydrogen) atoms. The van der Waals surface area contributed by atoms with Crippen molar-refractivity contribution in [3.63, 3.8) is 0 Å². The summed E-state index contributed by atoms with van der Waals surface area (Å²) in [6.45, 7) is 0.643. The fourth-order valence-corrected chi connectivity index (χ4v) is 2.96. The minimum Gasteiger partial charge on any atom is -0.478 e. The summed E-state index contributed by atoms with van der Waals surface area (Å²) >= 11 is 9.49. The van der Waals surface area contributed by atoms with Gasteiger partial charge in [-0.05, 0) is 41.3 Å². The Balaban J connectivity index is 1.99. The zero-order chi connectivity index (χ0) is 15.0. The molecular weight excluding hydrogens is 354 g/mol. The molecule has 0 aliphatic rings. The number of carbonyl (C=O) groups is 1. The number of aromatic nitrogens is 1. The van der Waals surface area contributed by atoms with E-state index in [0.717, 1.165) is 20.9 Å². The first-order valence-electron chi connectivity index (χ1n) is 6.31. The number of aromatic carboxylic acids is 1. The summed E-state index contributed by atoms with van der Waals surface area (Å²) in [7, 11) is 0. The minimum atomic E-state index is -0.930. The van der Waals surface area contributed by atoms with Gasteiger partial charge in [0.15, 0.2) is 0 Å². The summed E-state index contributed by atoms with van der Waals surface area (Å²) in [6, 6.07) is 12.9. The molecule has 2 aromatic carbocycles. The van der Waals surface area contributed by atoms with Gasteiger partial charge in [0.2, 0.25) is 0 Å². The van der Waals surface area contributed by atoms with E-state index < -0.39 is 5.97 Å². The maximum absolute atomic E-state index is 11.0. The van der Waals surface area contributed by atoms with E-state index in [0.29, 0.717) is 11.6 Å². The first-order chi connectivity index (χ1) is 10.0. The molecule has 0 aliphatic heterocycles. The van der Waals surface area contributed by atoms with Crippen LogP contribution in [0, 0.1) is 0 Å². The molecular formula is C16H11BrClNO2. The zero-order valence-corrected chi connectivity index (χ0v) is 13.2. The predicted octanol–water partition coefficient (Wildman–Crippen LogP) is 4.80. The lowest BCUT2D eigenvalue weighted by Gasteiger charge is -2.09. The highest BCUT2D eigenvalue weighted by Gasteiger charge is 2.08. The largest absolute Gasteiger partial charge is 0.478 e. The first kappa shape index (κ1) is 14.2. The Morgan fingerprint density at radius 3 is 2.71 bits per heavy atom. The molecule has 0 unspecified atom stereocenters. The Hall–Kier alpha value is -1.78. The van der Waals surface area contributed by atoms with Crippen molar-refractivity contribution in [1.29, 1.82) is 0 Å². The normalized spacial score (nSPS) is 11.0. The molecule has 5 heteroatoms. The number of carboxylic acids is 1. The van der Waals surface area contributed by atoms with E-state index in [-0.39, 0.29) is 5.56 Å². The molecule has 0 fully saturated rings. The minimum absolute atomic E-state index is 0.269. The molecule has 106 valence electrons. The van der Waals surface area contributed by atoms with Crippen LogP contribution in [-0.4, -0.2) is 15.6 Å². The van der Waals surface area contributed by atoms with Gasteiger partial charge in [-0.25, -0.2) is 4.79 Å². The van der Waals surface area contributed by atoms with Gasteiger partial charge in [-0.15, -0.1) is 0 Å². The maximum atomic E-state index is 11.0. The summed E-state index contributed by atoms with van der Waals surface area (Å²) in [4.78, 5) is 11.0. The second-order valence-corrected chi connectivity index (χ2v) is 6.05. The van der Waals surface area contributed by atoms with E-state index in [4.69, 9.17) is 16.7 Å². The van der Waals surface area contributed by atoms with E-state index in [1.54, 1.807) is 12.1 Å². The topological polar surface area (TPSA) is 42.2 Å². The number of halogens is 2. The third-order valence-electron chi connectivity index (χ3n) is 3.38. The van der Waals surface area contributed by atoms with Crippen LogP contribution < -0.4 is 0 Å². The molecule has 3 nitrogen and oxygen atoms in total. The number of hydrogen-bond donors (Lipinski definition) is 1. The number of nitrogens with zero attached hydrogens (tertiary/aromatic N) is 1. The van der Waals surface area contributed by atoms with Crippen LogP contribution in [0.5, 0.6) is 0 Å². The average molecular weight is 365 g/mol. The Morgan fingerprint density at radius 2 is 2.00 bits per heavy atom. The zero-order valence-electron chi connectivity index (χ0n) is 10.9. The van der Waals surface area contributed by atoms with E-state index in [1.807, 2.05) is 36.5 Å². The van der Waals surface area contributed by atoms with Crippen LogP contribution in [0.4, 0.5) is 0 Å². The third-order valence-corrected chi connectivity index (χ3v) is 4.35. The second kappa shape index (κ2) is 5.54. The van der Waals surface area contributed by atoms with Crippen LogP contribution in [0.25, 0.3) is 10.9 Å². The van der Waals surface area contributed by atoms with Crippen molar-refractivity contribution < 1.29 is 9.90 Å². The van der Waals surface area contributed by atoms with Crippen molar-refractivity contribution in [2.75, 3.05) is 0 Å². The molecule has 0 spiro atoms. The monoisotopic (exact) mass is 363 g/mol. The molecule has 0 radical (unpaired) electrons. The molecule has 0 saturated carbocycles. The van der Waals surface area contributed by atoms with Gasteiger partial charge in [-0.1, -0.05) is 39.7 Å². The molecule has 0 atom stereocenters. The standard InChI is InChI=1S/C16H11BrClNO2/c17-14-7-11(16(20)21)1-2-12(14)9-19-6-5-10-3-4-13(18)8-15(10)19/h1-8H,9H2,(H,20,21). The maximum Gasteiger partial charge on any atom is 0.335 e. The van der Waals surface area contributed by atoms with Gasteiger partial charge in [0.25, 0.3) is 0 Å². The smallest absolute Gasteiger partial charge is 0.335 e. The van der Waals surface area contributed by atoms with E-state index >= 15 is 0 Å². The van der Waals surface area contributed by atoms with E-state index in [2.05, 4.69) is 20.5 Å². The SMILES string of the molecule is O=C(O)c1ccc(Cn2ccc3ccc(Cl)cc32)c(Br)c1. The average Bonchev–Trinajstić information content (AvgIpc) is 2.83. The van der Waals surface area contributed by atoms with Crippen LogP contribution in [0.1, 0.15) is 15.9 Å². The van der Waals surface area contributed by atoms with Crippen LogP contribution in [0.15, 0.2) is 53.1 Å². The molecule has 0 aliphatic carbocycles. The molecule has 3 aromatic rings. The van der Waals surface area contributed by atoms with Crippen molar-refractivity contribution in [2.24, 2.45) is 0 Å². The van der Waals surface area contributed by atoms with E-state index in [1.165, 1.54) is 0 Å². The Labute approximate surface area is 134 Å². The van der Waals surface area contributed by atoms with Crippen molar-refractivity contribution in [1.82, 2.24) is 4.57 Å². The van der Waals surface area contributed by atoms with Gasteiger partial charge >= 0.3 is 5.97 Å². The summed E-state index contributed by atoms with van der Waals surface area (Å²) in [5, 5.41) is 10.8. The summed E-state index contributed by atoms with van der Waals surface area (Å²) in [5.74, 6) is -0.930. The predicted molar refractivity (Wildman–Crippen MR) is 87.2 cm³/mol. The van der Waals surface area contributed by atoms with Gasteiger partial charge in [0.05, 0.1) is 5.56 Å². The molecule has 0 saturated heterocycles. The number of benzene rings is 2. The number of hydrogen-bond acceptors (Lipinski definition) is 1. The van der Waals surface area contributed by atoms with Crippen molar-refractivity contribution in [2.45, 2.75) is 6.54 Å². The second-order valence-electron chi connectivity index (χ2n) is 4.76. The molecule has 1 heterocycles. The first-order valence-corrected chi connectivity index (χ1v) is 7.48. The fraction of sp³-hybridized carbons (Fsp3) is 0.0625. The lowest BCUT2D eigenvalue weighted by molar-refractivity contribution is 0.0697. The van der Waals surface area contributed by atoms with Crippen LogP contribution >= 0.6 is 27.5 Å². The van der Waals surface area contributed by atoms with Gasteiger partial charge in [0.1, 0.15) is 0 Å². The number of rotatable bonds is 3. The van der Waals surface area contributed by atoms with Gasteiger partial charge in [-0.3, -0.25) is 0 Å². The Bertz CT molecular complexity index is 841. The third kappa shape index (κ3) is 2.82. The quantitative estimate of drug-likeness (QED) is 0.725. The number of fused-ring (bicyclic) bond motifs is 1. The van der Waals surface area contributed by atoms with Gasteiger partial charge in [-0.2, -0.15) is 0 Å². The lowest BCUT2D eigenvalue weighted by atomic mass is 10.1. The number of carboxylic acid groups (broad SMARTS) is 1. The van der Waals surface area contributed by atoms with E-state index in [9.17, 15) is 4.79 Å². The highest BCUT2D eigenvalue weighted by Crippen LogP contribution is 2.24. The lowest BCUT2D eigenvalue weighted by Crippen LogP contribution is -2.01. The highest BCUT2D eigenvalue weighted by atomic mass is 79.9. The fourth-order valence-electron chi connectivity index (χ4n) is 2.29. The van der Waals surface area contributed by atoms with Crippen LogP contribution in [0.3, 0.4) is 0 Å². The van der Waals surface area contributed by atoms with Crippen molar-refractivity contribution in [3.8, 4) is 0 Å². The van der Waals surface area contributed by atoms with Crippen LogP contribution in [0.2, 0.25) is 5.02 Å². The van der Waals surface area contributed by atoms with Gasteiger partial charge < -0.3 is 9.67 Å². The molecule has 1 aromatic heterocycles. The molecule has 0 amide bonds. The van der Waals surface area contributed by atoms with Crippen LogP contribution in [-0.2, 0) is 6.54 Å². The highest BCUT2D eigenvalue weighted by molar-refractivity contribution is 9.10. The van der Waals surface area contributed by atoms with Crippen molar-refractivity contribution in [3.05, 3.63) is 69.3 Å². The molecule has 1 N–H and O–H groups in total. The Kier molecular flexibility index (Phi) is 3.74. The van der Waals surface area contributed by atoms with Crippen molar-refractivity contribution >= 4 is 44.4 Å². The molecule has 3 rings (SSSR count). The van der Waals surface area contributed by atoms with Gasteiger partial charge in [0, 0.05) is 27.8 Å². The summed E-state index contributed by atoms with van der Waals surface area (Å²) < 4.78 is 2.87.